The van der Waals surface area contributed by atoms with Crippen LogP contribution in [-0.4, -0.2) is 113 Å². The Bertz CT molecular complexity index is 3060. The Morgan fingerprint density at radius 1 is 0.920 bits per heavy atom. The fourth-order valence-corrected chi connectivity index (χ4v) is 12.9. The van der Waals surface area contributed by atoms with Crippen LogP contribution in [0.2, 0.25) is 5.02 Å². The van der Waals surface area contributed by atoms with Crippen molar-refractivity contribution in [2.24, 2.45) is 18.7 Å². The van der Waals surface area contributed by atoms with E-state index in [9.17, 15) is 24.3 Å². The number of aliphatic hydroxyl groups is 1. The van der Waals surface area contributed by atoms with Crippen molar-refractivity contribution in [2.45, 2.75) is 107 Å². The molecule has 0 bridgehead atoms. The smallest absolute Gasteiger partial charge is 0.329 e. The van der Waals surface area contributed by atoms with E-state index in [0.29, 0.717) is 50.9 Å². The summed E-state index contributed by atoms with van der Waals surface area (Å²) in [5.74, 6) is -5.61. The number of likely N-dealkylation sites (tertiary alicyclic amines) is 2. The molecule has 5 heterocycles. The van der Waals surface area contributed by atoms with Crippen LogP contribution in [0.1, 0.15) is 111 Å². The van der Waals surface area contributed by atoms with Gasteiger partial charge in [-0.15, -0.1) is 0 Å². The first kappa shape index (κ1) is 52.2. The lowest BCUT2D eigenvalue weighted by atomic mass is 9.77. The molecular formula is C55H61ClF4N8O7. The van der Waals surface area contributed by atoms with E-state index in [2.05, 4.69) is 27.6 Å². The molecular weight excluding hydrogens is 996 g/mol. The number of anilines is 1. The summed E-state index contributed by atoms with van der Waals surface area (Å²) in [6, 6.07) is 13.9. The molecule has 4 atom stereocenters. The summed E-state index contributed by atoms with van der Waals surface area (Å²) in [5.41, 5.74) is 5.27. The number of benzene rings is 4. The Hall–Kier alpha value is -6.28. The van der Waals surface area contributed by atoms with Crippen LogP contribution in [0, 0.1) is 29.2 Å². The lowest BCUT2D eigenvalue weighted by Crippen LogP contribution is -2.54. The summed E-state index contributed by atoms with van der Waals surface area (Å²) in [6.07, 6.45) is 5.52. The maximum Gasteiger partial charge on any atom is 0.329 e. The van der Waals surface area contributed by atoms with E-state index < -0.39 is 64.3 Å². The Balaban J connectivity index is 0.769. The van der Waals surface area contributed by atoms with Crippen LogP contribution in [0.15, 0.2) is 54.6 Å². The van der Waals surface area contributed by atoms with Gasteiger partial charge in [0.15, 0.2) is 28.8 Å². The molecule has 5 N–H and O–H groups in total. The van der Waals surface area contributed by atoms with Crippen LogP contribution >= 0.6 is 11.6 Å². The van der Waals surface area contributed by atoms with Gasteiger partial charge in [0.2, 0.25) is 17.7 Å². The highest BCUT2D eigenvalue weighted by atomic mass is 35.5. The number of amides is 5. The highest BCUT2D eigenvalue weighted by Gasteiger charge is 2.51. The molecule has 5 aromatic rings. The Kier molecular flexibility index (Phi) is 14.6. The van der Waals surface area contributed by atoms with Gasteiger partial charge in [-0.2, -0.15) is 5.10 Å². The lowest BCUT2D eigenvalue weighted by Gasteiger charge is -2.46. The fraction of sp³-hybridized carbons (Fsp3) is 0.473. The fourth-order valence-electron chi connectivity index (χ4n) is 12.6. The molecule has 1 unspecified atom stereocenters. The second-order valence-electron chi connectivity index (χ2n) is 20.8. The number of halogens is 5. The minimum absolute atomic E-state index is 0.000857. The third kappa shape index (κ3) is 9.47. The number of nitrogens with one attached hydrogen (secondary N) is 2. The van der Waals surface area contributed by atoms with Gasteiger partial charge < -0.3 is 35.4 Å². The highest BCUT2D eigenvalue weighted by molar-refractivity contribution is 6.34. The molecule has 1 aliphatic carbocycles. The number of hydrogen-bond acceptors (Lipinski definition) is 10. The average Bonchev–Trinajstić information content (AvgIpc) is 3.96. The lowest BCUT2D eigenvalue weighted by molar-refractivity contribution is -0.141. The highest BCUT2D eigenvalue weighted by Crippen LogP contribution is 2.57. The van der Waals surface area contributed by atoms with Gasteiger partial charge in [-0.25, -0.2) is 22.4 Å². The molecule has 1 saturated carbocycles. The van der Waals surface area contributed by atoms with Crippen molar-refractivity contribution < 1.29 is 51.3 Å². The minimum atomic E-state index is -1.14. The van der Waals surface area contributed by atoms with Gasteiger partial charge in [0, 0.05) is 91.4 Å². The van der Waals surface area contributed by atoms with Gasteiger partial charge in [-0.1, -0.05) is 48.9 Å². The molecule has 0 radical (unpaired) electrons. The van der Waals surface area contributed by atoms with Crippen LogP contribution in [0.5, 0.6) is 11.5 Å². The monoisotopic (exact) mass is 1060 g/mol. The zero-order valence-electron chi connectivity index (χ0n) is 42.1. The molecule has 4 aliphatic heterocycles. The first-order valence-corrected chi connectivity index (χ1v) is 26.3. The topological polar surface area (TPSA) is 185 Å². The van der Waals surface area contributed by atoms with E-state index in [1.54, 1.807) is 7.05 Å². The van der Waals surface area contributed by atoms with E-state index in [-0.39, 0.29) is 112 Å². The van der Waals surface area contributed by atoms with Crippen LogP contribution in [0.4, 0.5) is 28.2 Å². The number of ether oxygens (including phenoxy) is 2. The Morgan fingerprint density at radius 2 is 1.65 bits per heavy atom. The number of nitrogens with zero attached hydrogens (tertiary/aromatic N) is 5. The number of hydrogen-bond donors (Lipinski definition) is 4. The molecule has 1 aromatic heterocycles. The van der Waals surface area contributed by atoms with Gasteiger partial charge in [-0.3, -0.25) is 29.3 Å². The quantitative estimate of drug-likeness (QED) is 0.0840. The number of nitrogens with two attached hydrogens (primary N) is 1. The number of carbonyl (C=O) groups excluding carboxylic acids is 4. The van der Waals surface area contributed by atoms with Crippen molar-refractivity contribution in [3.05, 3.63) is 105 Å². The number of rotatable bonds is 13. The molecule has 5 amide bonds. The normalized spacial score (nSPS) is 24.6. The number of urea groups is 1. The number of carbonyl (C=O) groups is 4. The number of aliphatic hydroxyl groups excluding tert-OH is 1. The SMILES string of the molecule is C[C@@H]1CC(N2CCC(c3c(F)cc4c(N5CCC(=O)NC5=O)nn(C)c4c3F)CC2)CCN1C(=O)C1CCC(NC[C@]2(c3ccccc3)Oc3cc(F)c(Cl)c(-c4c(C(N)=O)ccc(OCCO)c4F)c3[C@@H]2C)CC1. The van der Waals surface area contributed by atoms with Crippen LogP contribution < -0.4 is 30.7 Å². The predicted molar refractivity (Wildman–Crippen MR) is 273 cm³/mol. The van der Waals surface area contributed by atoms with Crippen molar-refractivity contribution >= 4 is 52.1 Å². The molecule has 398 valence electrons. The number of aromatic nitrogens is 2. The summed E-state index contributed by atoms with van der Waals surface area (Å²) in [4.78, 5) is 57.0. The molecule has 5 aliphatic rings. The Morgan fingerprint density at radius 3 is 2.33 bits per heavy atom. The summed E-state index contributed by atoms with van der Waals surface area (Å²) < 4.78 is 78.2. The van der Waals surface area contributed by atoms with Crippen LogP contribution in [-0.2, 0) is 22.2 Å². The largest absolute Gasteiger partial charge is 0.488 e. The molecule has 15 nitrogen and oxygen atoms in total. The van der Waals surface area contributed by atoms with Crippen molar-refractivity contribution in [3.63, 3.8) is 0 Å². The van der Waals surface area contributed by atoms with Crippen LogP contribution in [0.3, 0.4) is 0 Å². The number of imide groups is 1. The van der Waals surface area contributed by atoms with E-state index in [0.717, 1.165) is 31.2 Å². The van der Waals surface area contributed by atoms with Crippen molar-refractivity contribution in [1.82, 2.24) is 30.2 Å². The summed E-state index contributed by atoms with van der Waals surface area (Å²) in [7, 11) is 1.55. The predicted octanol–water partition coefficient (Wildman–Crippen LogP) is 8.17. The second kappa shape index (κ2) is 21.0. The third-order valence-corrected chi connectivity index (χ3v) is 16.9. The van der Waals surface area contributed by atoms with Crippen molar-refractivity contribution in [1.29, 1.82) is 0 Å². The number of fused-ring (bicyclic) bond motifs is 2. The van der Waals surface area contributed by atoms with E-state index in [4.69, 9.17) is 26.8 Å². The van der Waals surface area contributed by atoms with Gasteiger partial charge in [0.25, 0.3) is 0 Å². The average molecular weight is 1060 g/mol. The standard InChI is InChI=1S/C55H61ClF4N8O7/c1-29-25-35(66-19-15-31(16-20-66)44-38(57)26-37-50(49(44)60)65(3)64-52(37)68-22-18-42(70)63-54(68)73)17-21-67(29)53(72)32-9-11-34(12-10-32)62-28-55(33-7-5-4-6-8-33)30(2)43-41(75-55)27-39(58)47(56)46(43)45-36(51(61)71)13-14-40(48(45)59)74-24-23-69/h4-8,13-14,26-27,29-32,34-35,62,69H,9-12,15-25,28H2,1-3H3,(H2,61,71)(H,63,70,73)/t29-,30+,32?,34?,35?,55+/m1/s1. The second-order valence-corrected chi connectivity index (χ2v) is 21.1. The van der Waals surface area contributed by atoms with Gasteiger partial charge in [-0.05, 0) is 101 Å². The zero-order valence-corrected chi connectivity index (χ0v) is 42.8. The number of aryl methyl sites for hydroxylation is 1. The minimum Gasteiger partial charge on any atom is -0.488 e. The molecule has 4 fully saturated rings. The van der Waals surface area contributed by atoms with Crippen LogP contribution in [0.25, 0.3) is 22.0 Å². The summed E-state index contributed by atoms with van der Waals surface area (Å²) in [5, 5.41) is 19.5. The van der Waals surface area contributed by atoms with Gasteiger partial charge >= 0.3 is 6.03 Å². The molecule has 4 aromatic carbocycles. The molecule has 3 saturated heterocycles. The van der Waals surface area contributed by atoms with E-state index in [1.807, 2.05) is 42.2 Å². The summed E-state index contributed by atoms with van der Waals surface area (Å²) >= 11 is 6.72. The molecule has 10 rings (SSSR count). The third-order valence-electron chi connectivity index (χ3n) is 16.5. The van der Waals surface area contributed by atoms with Gasteiger partial charge in [0.05, 0.1) is 22.6 Å². The first-order chi connectivity index (χ1) is 36.0. The maximum absolute atomic E-state index is 16.5. The number of primary amides is 1. The molecule has 20 heteroatoms. The molecule has 0 spiro atoms. The van der Waals surface area contributed by atoms with E-state index >= 15 is 17.6 Å². The molecule has 75 heavy (non-hydrogen) atoms. The number of piperidine rings is 2. The Labute approximate surface area is 436 Å². The zero-order chi connectivity index (χ0) is 53.0. The maximum atomic E-state index is 16.5. The van der Waals surface area contributed by atoms with E-state index in [1.165, 1.54) is 33.8 Å². The van der Waals surface area contributed by atoms with Crippen molar-refractivity contribution in [3.8, 4) is 22.6 Å². The van der Waals surface area contributed by atoms with Gasteiger partial charge in [0.1, 0.15) is 29.5 Å². The van der Waals surface area contributed by atoms with Crippen molar-refractivity contribution in [2.75, 3.05) is 50.8 Å². The first-order valence-electron chi connectivity index (χ1n) is 25.9. The summed E-state index contributed by atoms with van der Waals surface area (Å²) in [6.45, 7) is 5.59.